The van der Waals surface area contributed by atoms with Crippen molar-refractivity contribution >= 4 is 11.9 Å². The molecule has 1 aliphatic carbocycles. The smallest absolute Gasteiger partial charge is 0.334 e. The van der Waals surface area contributed by atoms with E-state index < -0.39 is 11.9 Å². The lowest BCUT2D eigenvalue weighted by atomic mass is 9.73. The largest absolute Gasteiger partial charge is 0.466 e. The summed E-state index contributed by atoms with van der Waals surface area (Å²) in [6.45, 7) is 13.2. The zero-order valence-electron chi connectivity index (χ0n) is 17.6. The third-order valence-corrected chi connectivity index (χ3v) is 5.42. The SMILES string of the molecule is COC(=O)C1=C(C(=O)OC)CC(C(C)(C)CCC=C(C)C(C)(C)C)=CC1. The number of allylic oxidation sites excluding steroid dienone is 4. The standard InChI is InChI=1S/C22H34O4/c1-15(21(2,3)4)10-9-13-22(5,6)16-11-12-17(19(23)25-7)18(14-16)20(24)26-8/h10-11H,9,12-14H2,1-8H3. The molecule has 0 saturated heterocycles. The fraction of sp³-hybridized carbons (Fsp3) is 0.636. The van der Waals surface area contributed by atoms with E-state index in [2.05, 4.69) is 53.7 Å². The topological polar surface area (TPSA) is 52.6 Å². The van der Waals surface area contributed by atoms with Crippen LogP contribution in [-0.4, -0.2) is 26.2 Å². The van der Waals surface area contributed by atoms with Gasteiger partial charge in [-0.3, -0.25) is 0 Å². The second kappa shape index (κ2) is 8.70. The monoisotopic (exact) mass is 362 g/mol. The van der Waals surface area contributed by atoms with Gasteiger partial charge < -0.3 is 9.47 Å². The summed E-state index contributed by atoms with van der Waals surface area (Å²) < 4.78 is 9.70. The number of methoxy groups -OCH3 is 2. The summed E-state index contributed by atoms with van der Waals surface area (Å²) in [5.74, 6) is -0.905. The molecular formula is C22H34O4. The third-order valence-electron chi connectivity index (χ3n) is 5.42. The molecule has 0 heterocycles. The van der Waals surface area contributed by atoms with Gasteiger partial charge >= 0.3 is 11.9 Å². The van der Waals surface area contributed by atoms with E-state index in [1.807, 2.05) is 0 Å². The fourth-order valence-corrected chi connectivity index (χ4v) is 3.00. The number of carbonyl (C=O) groups excluding carboxylic acids is 2. The van der Waals surface area contributed by atoms with E-state index in [9.17, 15) is 9.59 Å². The number of esters is 2. The van der Waals surface area contributed by atoms with E-state index >= 15 is 0 Å². The van der Waals surface area contributed by atoms with Crippen LogP contribution in [0.2, 0.25) is 0 Å². The minimum absolute atomic E-state index is 0.0599. The zero-order valence-corrected chi connectivity index (χ0v) is 17.6. The lowest BCUT2D eigenvalue weighted by molar-refractivity contribution is -0.139. The Kier molecular flexibility index (Phi) is 7.43. The normalized spacial score (nSPS) is 16.3. The van der Waals surface area contributed by atoms with Crippen LogP contribution in [0.3, 0.4) is 0 Å². The van der Waals surface area contributed by atoms with Crippen molar-refractivity contribution in [3.8, 4) is 0 Å². The number of carbonyl (C=O) groups is 2. The van der Waals surface area contributed by atoms with Crippen LogP contribution in [0.4, 0.5) is 0 Å². The highest BCUT2D eigenvalue weighted by Crippen LogP contribution is 2.40. The van der Waals surface area contributed by atoms with Crippen LogP contribution in [0, 0.1) is 10.8 Å². The average molecular weight is 363 g/mol. The molecule has 0 saturated carbocycles. The molecule has 0 aromatic rings. The lowest BCUT2D eigenvalue weighted by Crippen LogP contribution is -2.23. The molecule has 0 bridgehead atoms. The number of hydrogen-bond acceptors (Lipinski definition) is 4. The number of hydrogen-bond donors (Lipinski definition) is 0. The van der Waals surface area contributed by atoms with Gasteiger partial charge in [-0.05, 0) is 37.0 Å². The summed E-state index contributed by atoms with van der Waals surface area (Å²) in [7, 11) is 2.67. The van der Waals surface area contributed by atoms with Crippen molar-refractivity contribution < 1.29 is 19.1 Å². The molecule has 4 nitrogen and oxygen atoms in total. The summed E-state index contributed by atoms with van der Waals surface area (Å²) in [4.78, 5) is 24.1. The quantitative estimate of drug-likeness (QED) is 0.484. The lowest BCUT2D eigenvalue weighted by Gasteiger charge is -2.31. The molecule has 0 atom stereocenters. The van der Waals surface area contributed by atoms with Crippen molar-refractivity contribution in [2.24, 2.45) is 10.8 Å². The Hall–Kier alpha value is -1.84. The molecule has 0 N–H and O–H groups in total. The highest BCUT2D eigenvalue weighted by molar-refractivity contribution is 6.01. The minimum atomic E-state index is -0.456. The Morgan fingerprint density at radius 2 is 1.58 bits per heavy atom. The maximum absolute atomic E-state index is 12.2. The fourth-order valence-electron chi connectivity index (χ4n) is 3.00. The first-order chi connectivity index (χ1) is 11.9. The van der Waals surface area contributed by atoms with Gasteiger partial charge in [0.1, 0.15) is 0 Å². The first-order valence-corrected chi connectivity index (χ1v) is 9.19. The van der Waals surface area contributed by atoms with Gasteiger partial charge in [-0.1, -0.05) is 57.9 Å². The predicted octanol–water partition coefficient (Wildman–Crippen LogP) is 5.15. The highest BCUT2D eigenvalue weighted by atomic mass is 16.5. The van der Waals surface area contributed by atoms with Crippen molar-refractivity contribution in [1.29, 1.82) is 0 Å². The van der Waals surface area contributed by atoms with Crippen LogP contribution in [0.15, 0.2) is 34.4 Å². The van der Waals surface area contributed by atoms with Gasteiger partial charge in [-0.25, -0.2) is 9.59 Å². The molecule has 26 heavy (non-hydrogen) atoms. The van der Waals surface area contributed by atoms with E-state index in [0.717, 1.165) is 12.8 Å². The Bertz CT molecular complexity index is 640. The summed E-state index contributed by atoms with van der Waals surface area (Å²) in [6.07, 6.45) is 7.18. The molecule has 1 aliphatic rings. The van der Waals surface area contributed by atoms with Crippen LogP contribution < -0.4 is 0 Å². The number of ether oxygens (including phenoxy) is 2. The first kappa shape index (κ1) is 22.2. The van der Waals surface area contributed by atoms with Gasteiger partial charge in [0.2, 0.25) is 0 Å². The molecule has 4 heteroatoms. The molecule has 0 aromatic heterocycles. The van der Waals surface area contributed by atoms with E-state index in [4.69, 9.17) is 9.47 Å². The van der Waals surface area contributed by atoms with Crippen LogP contribution in [-0.2, 0) is 19.1 Å². The molecule has 0 aromatic carbocycles. The molecule has 0 aliphatic heterocycles. The van der Waals surface area contributed by atoms with Crippen LogP contribution in [0.5, 0.6) is 0 Å². The molecule has 0 fully saturated rings. The van der Waals surface area contributed by atoms with Crippen molar-refractivity contribution in [1.82, 2.24) is 0 Å². The van der Waals surface area contributed by atoms with Crippen molar-refractivity contribution in [3.05, 3.63) is 34.4 Å². The van der Waals surface area contributed by atoms with Gasteiger partial charge in [0.15, 0.2) is 0 Å². The van der Waals surface area contributed by atoms with Gasteiger partial charge in [0, 0.05) is 6.42 Å². The second-order valence-electron chi connectivity index (χ2n) is 8.61. The highest BCUT2D eigenvalue weighted by Gasteiger charge is 2.31. The first-order valence-electron chi connectivity index (χ1n) is 9.19. The third kappa shape index (κ3) is 5.58. The van der Waals surface area contributed by atoms with Crippen molar-refractivity contribution in [3.63, 3.8) is 0 Å². The molecule has 0 spiro atoms. The molecule has 0 amide bonds. The number of rotatable bonds is 6. The Balaban J connectivity index is 2.94. The van der Waals surface area contributed by atoms with E-state index in [0.29, 0.717) is 24.0 Å². The molecule has 1 rings (SSSR count). The summed E-state index contributed by atoms with van der Waals surface area (Å²) >= 11 is 0. The summed E-state index contributed by atoms with van der Waals surface area (Å²) in [6, 6.07) is 0. The molecular weight excluding hydrogens is 328 g/mol. The predicted molar refractivity (Wildman–Crippen MR) is 105 cm³/mol. The van der Waals surface area contributed by atoms with Gasteiger partial charge in [-0.2, -0.15) is 0 Å². The van der Waals surface area contributed by atoms with Crippen molar-refractivity contribution in [2.75, 3.05) is 14.2 Å². The van der Waals surface area contributed by atoms with Crippen LogP contribution in [0.1, 0.15) is 67.2 Å². The van der Waals surface area contributed by atoms with Gasteiger partial charge in [0.05, 0.1) is 25.4 Å². The second-order valence-corrected chi connectivity index (χ2v) is 8.61. The Labute approximate surface area is 158 Å². The Morgan fingerprint density at radius 3 is 2.08 bits per heavy atom. The van der Waals surface area contributed by atoms with Crippen molar-refractivity contribution in [2.45, 2.75) is 67.2 Å². The molecule has 0 radical (unpaired) electrons. The summed E-state index contributed by atoms with van der Waals surface area (Å²) in [5.41, 5.74) is 3.51. The van der Waals surface area contributed by atoms with Crippen LogP contribution in [0.25, 0.3) is 0 Å². The molecule has 0 unspecified atom stereocenters. The maximum Gasteiger partial charge on any atom is 0.334 e. The minimum Gasteiger partial charge on any atom is -0.466 e. The molecule has 146 valence electrons. The maximum atomic E-state index is 12.2. The van der Waals surface area contributed by atoms with Gasteiger partial charge in [-0.15, -0.1) is 0 Å². The van der Waals surface area contributed by atoms with E-state index in [1.54, 1.807) is 0 Å². The zero-order chi connectivity index (χ0) is 20.1. The Morgan fingerprint density at radius 1 is 1.04 bits per heavy atom. The van der Waals surface area contributed by atoms with E-state index in [1.165, 1.54) is 25.4 Å². The van der Waals surface area contributed by atoms with E-state index in [-0.39, 0.29) is 10.8 Å². The van der Waals surface area contributed by atoms with Gasteiger partial charge in [0.25, 0.3) is 0 Å². The summed E-state index contributed by atoms with van der Waals surface area (Å²) in [5, 5.41) is 0. The average Bonchev–Trinajstić information content (AvgIpc) is 2.58. The van der Waals surface area contributed by atoms with Crippen LogP contribution >= 0.6 is 0 Å².